The molecule has 0 rings (SSSR count). The lowest BCUT2D eigenvalue weighted by Crippen LogP contribution is -2.43. The monoisotopic (exact) mass is 231 g/mol. The fraction of sp³-hybridized carbons (Fsp3) is 1.00. The van der Waals surface area contributed by atoms with Crippen molar-refractivity contribution in [3.8, 4) is 0 Å². The lowest BCUT2D eigenvalue weighted by molar-refractivity contribution is 0.106. The zero-order valence-corrected chi connectivity index (χ0v) is 11.2. The Bertz CT molecular complexity index is 244. The van der Waals surface area contributed by atoms with Gasteiger partial charge in [0.05, 0.1) is 19.3 Å². The van der Waals surface area contributed by atoms with E-state index in [1.54, 1.807) is 0 Å². The van der Waals surface area contributed by atoms with Gasteiger partial charge in [-0.05, 0) is 23.7 Å². The van der Waals surface area contributed by atoms with Crippen LogP contribution in [0.5, 0.6) is 0 Å². The van der Waals surface area contributed by atoms with Crippen LogP contribution in [0.2, 0.25) is 18.1 Å². The zero-order chi connectivity index (χ0) is 12.1. The molecule has 15 heavy (non-hydrogen) atoms. The molecule has 0 spiro atoms. The maximum atomic E-state index is 9.44. The Morgan fingerprint density at radius 1 is 1.47 bits per heavy atom. The molecule has 0 saturated carbocycles. The van der Waals surface area contributed by atoms with Gasteiger partial charge < -0.3 is 9.53 Å². The molecule has 0 bridgehead atoms. The Morgan fingerprint density at radius 3 is 2.40 bits per heavy atom. The number of aliphatic hydroxyl groups is 1. The van der Waals surface area contributed by atoms with Gasteiger partial charge in [0.1, 0.15) is 0 Å². The van der Waals surface area contributed by atoms with E-state index >= 15 is 0 Å². The molecule has 6 heteroatoms. The normalized spacial score (nSPS) is 14.5. The summed E-state index contributed by atoms with van der Waals surface area (Å²) in [5.41, 5.74) is 8.09. The van der Waals surface area contributed by atoms with Gasteiger partial charge in [-0.2, -0.15) is 0 Å². The van der Waals surface area contributed by atoms with Crippen LogP contribution in [0.25, 0.3) is 10.4 Å². The Balaban J connectivity index is 4.09. The first-order chi connectivity index (χ1) is 6.70. The Morgan fingerprint density at radius 2 is 2.00 bits per heavy atom. The first-order valence-corrected chi connectivity index (χ1v) is 7.94. The number of azide groups is 1. The van der Waals surface area contributed by atoms with Crippen molar-refractivity contribution in [1.29, 1.82) is 0 Å². The molecule has 0 unspecified atom stereocenters. The van der Waals surface area contributed by atoms with E-state index < -0.39 is 14.4 Å². The highest BCUT2D eigenvalue weighted by Gasteiger charge is 2.37. The summed E-state index contributed by atoms with van der Waals surface area (Å²) in [4.78, 5) is 2.59. The first-order valence-electron chi connectivity index (χ1n) is 5.03. The van der Waals surface area contributed by atoms with Crippen LogP contribution in [0.15, 0.2) is 5.11 Å². The molecular formula is C9H21N3O2Si. The summed E-state index contributed by atoms with van der Waals surface area (Å²) in [6, 6.07) is 0. The fourth-order valence-electron chi connectivity index (χ4n) is 0.705. The van der Waals surface area contributed by atoms with Crippen molar-refractivity contribution in [3.05, 3.63) is 10.4 Å². The fourth-order valence-corrected chi connectivity index (χ4v) is 1.75. The predicted octanol–water partition coefficient (Wildman–Crippen LogP) is 2.68. The van der Waals surface area contributed by atoms with Crippen molar-refractivity contribution >= 4 is 8.32 Å². The van der Waals surface area contributed by atoms with Crippen LogP contribution in [-0.2, 0) is 4.43 Å². The Labute approximate surface area is 92.2 Å². The quantitative estimate of drug-likeness (QED) is 0.342. The lowest BCUT2D eigenvalue weighted by atomic mass is 10.2. The molecule has 0 aromatic rings. The summed E-state index contributed by atoms with van der Waals surface area (Å²) in [5, 5.41) is 12.9. The highest BCUT2D eigenvalue weighted by molar-refractivity contribution is 6.74. The largest absolute Gasteiger partial charge is 0.414 e. The van der Waals surface area contributed by atoms with Gasteiger partial charge in [-0.25, -0.2) is 0 Å². The van der Waals surface area contributed by atoms with Crippen LogP contribution in [0, 0.1) is 0 Å². The summed E-state index contributed by atoms with van der Waals surface area (Å²) in [5.74, 6) is 0. The van der Waals surface area contributed by atoms with E-state index in [0.717, 1.165) is 0 Å². The molecule has 5 nitrogen and oxygen atoms in total. The summed E-state index contributed by atoms with van der Waals surface area (Å²) >= 11 is 0. The van der Waals surface area contributed by atoms with Crippen molar-refractivity contribution in [2.45, 2.75) is 45.0 Å². The SMILES string of the molecule is CC(C)(C)[Si](C)(C)OC[C@H](O)CN=[N+]=[N-]. The molecule has 0 heterocycles. The molecule has 0 aliphatic heterocycles. The molecule has 0 aromatic heterocycles. The Kier molecular flexibility index (Phi) is 5.31. The van der Waals surface area contributed by atoms with E-state index in [9.17, 15) is 5.11 Å². The van der Waals surface area contributed by atoms with Crippen LogP contribution >= 0.6 is 0 Å². The Hall–Kier alpha value is -0.553. The van der Waals surface area contributed by atoms with Crippen molar-refractivity contribution in [3.63, 3.8) is 0 Å². The molecule has 0 aliphatic carbocycles. The van der Waals surface area contributed by atoms with Gasteiger partial charge in [-0.1, -0.05) is 25.9 Å². The third-order valence-corrected chi connectivity index (χ3v) is 7.30. The molecular weight excluding hydrogens is 210 g/mol. The second-order valence-corrected chi connectivity index (χ2v) is 9.95. The highest BCUT2D eigenvalue weighted by atomic mass is 28.4. The molecule has 88 valence electrons. The number of aliphatic hydroxyl groups excluding tert-OH is 1. The number of nitrogens with zero attached hydrogens (tertiary/aromatic N) is 3. The summed E-state index contributed by atoms with van der Waals surface area (Å²) in [7, 11) is -1.80. The third-order valence-electron chi connectivity index (χ3n) is 2.80. The van der Waals surface area contributed by atoms with E-state index in [0.29, 0.717) is 0 Å². The minimum Gasteiger partial charge on any atom is -0.414 e. The molecule has 1 N–H and O–H groups in total. The van der Waals surface area contributed by atoms with E-state index in [1.807, 2.05) is 0 Å². The zero-order valence-electron chi connectivity index (χ0n) is 10.2. The van der Waals surface area contributed by atoms with Gasteiger partial charge in [0.25, 0.3) is 0 Å². The van der Waals surface area contributed by atoms with E-state index in [2.05, 4.69) is 43.9 Å². The minimum absolute atomic E-state index is 0.0745. The summed E-state index contributed by atoms with van der Waals surface area (Å²) in [6.45, 7) is 11.0. The first kappa shape index (κ1) is 14.4. The minimum atomic E-state index is -1.80. The maximum Gasteiger partial charge on any atom is 0.192 e. The molecule has 0 radical (unpaired) electrons. The van der Waals surface area contributed by atoms with Crippen LogP contribution in [-0.4, -0.2) is 32.7 Å². The van der Waals surface area contributed by atoms with Crippen LogP contribution < -0.4 is 0 Å². The summed E-state index contributed by atoms with van der Waals surface area (Å²) < 4.78 is 5.76. The van der Waals surface area contributed by atoms with Gasteiger partial charge in [0.15, 0.2) is 8.32 Å². The van der Waals surface area contributed by atoms with Crippen LogP contribution in [0.1, 0.15) is 20.8 Å². The molecule has 1 atom stereocenters. The number of rotatable bonds is 5. The lowest BCUT2D eigenvalue weighted by Gasteiger charge is -2.36. The van der Waals surface area contributed by atoms with Crippen LogP contribution in [0.4, 0.5) is 0 Å². The van der Waals surface area contributed by atoms with Crippen molar-refractivity contribution in [2.24, 2.45) is 5.11 Å². The second kappa shape index (κ2) is 5.51. The standard InChI is InChI=1S/C9H21N3O2Si/c1-9(2,3)15(4,5)14-7-8(13)6-11-12-10/h8,13H,6-7H2,1-5H3/t8-/m1/s1. The summed E-state index contributed by atoms with van der Waals surface area (Å²) in [6.07, 6.45) is -0.699. The number of hydrogen-bond donors (Lipinski definition) is 1. The van der Waals surface area contributed by atoms with Gasteiger partial charge in [-0.15, -0.1) is 0 Å². The molecule has 0 fully saturated rings. The number of hydrogen-bond acceptors (Lipinski definition) is 3. The smallest absolute Gasteiger partial charge is 0.192 e. The van der Waals surface area contributed by atoms with E-state index in [-0.39, 0.29) is 18.2 Å². The molecule has 0 aliphatic rings. The average Bonchev–Trinajstić information content (AvgIpc) is 2.09. The topological polar surface area (TPSA) is 78.2 Å². The third kappa shape index (κ3) is 5.18. The predicted molar refractivity (Wildman–Crippen MR) is 63.2 cm³/mol. The van der Waals surface area contributed by atoms with Gasteiger partial charge in [0.2, 0.25) is 0 Å². The van der Waals surface area contributed by atoms with Crippen molar-refractivity contribution in [2.75, 3.05) is 13.2 Å². The van der Waals surface area contributed by atoms with Crippen molar-refractivity contribution < 1.29 is 9.53 Å². The van der Waals surface area contributed by atoms with Gasteiger partial charge in [-0.3, -0.25) is 0 Å². The van der Waals surface area contributed by atoms with Crippen molar-refractivity contribution in [1.82, 2.24) is 0 Å². The highest BCUT2D eigenvalue weighted by Crippen LogP contribution is 2.36. The van der Waals surface area contributed by atoms with Gasteiger partial charge >= 0.3 is 0 Å². The molecule has 0 aromatic carbocycles. The van der Waals surface area contributed by atoms with Crippen LogP contribution in [0.3, 0.4) is 0 Å². The molecule has 0 amide bonds. The van der Waals surface area contributed by atoms with E-state index in [4.69, 9.17) is 9.96 Å². The van der Waals surface area contributed by atoms with Gasteiger partial charge in [0, 0.05) is 4.91 Å². The average molecular weight is 231 g/mol. The second-order valence-electron chi connectivity index (χ2n) is 5.14. The van der Waals surface area contributed by atoms with E-state index in [1.165, 1.54) is 0 Å². The maximum absolute atomic E-state index is 9.44. The molecule has 0 saturated heterocycles.